The molecule has 0 spiro atoms. The van der Waals surface area contributed by atoms with Gasteiger partial charge in [-0.15, -0.1) is 5.06 Å². The van der Waals surface area contributed by atoms with Gasteiger partial charge < -0.3 is 82.6 Å². The van der Waals surface area contributed by atoms with E-state index in [4.69, 9.17) is 59.1 Å². The van der Waals surface area contributed by atoms with Crippen LogP contribution in [0.4, 0.5) is 36.2 Å². The Bertz CT molecular complexity index is 3170. The Morgan fingerprint density at radius 3 is 2.34 bits per heavy atom. The number of carbonyl (C=O) groups excluding carboxylic acids is 10. The summed E-state index contributed by atoms with van der Waals surface area (Å²) >= 11 is 6.79. The monoisotopic (exact) mass is 1300 g/mol. The quantitative estimate of drug-likeness (QED) is 0.0461. The lowest BCUT2D eigenvalue weighted by molar-refractivity contribution is -0.196. The van der Waals surface area contributed by atoms with E-state index in [0.29, 0.717) is 22.6 Å². The second-order valence-corrected chi connectivity index (χ2v) is 23.0. The van der Waals surface area contributed by atoms with Crippen LogP contribution in [0.25, 0.3) is 0 Å². The number of amides is 8. The van der Waals surface area contributed by atoms with Crippen LogP contribution in [0.2, 0.25) is 5.02 Å². The molecule has 5 heterocycles. The van der Waals surface area contributed by atoms with E-state index in [9.17, 15) is 58.2 Å². The van der Waals surface area contributed by atoms with Gasteiger partial charge in [-0.2, -0.15) is 0 Å². The molecule has 5 aliphatic rings. The number of fused-ring (bicyclic) bond motifs is 5. The number of imide groups is 1. The highest BCUT2D eigenvalue weighted by Gasteiger charge is 2.64. The Labute approximate surface area is 529 Å². The topological polar surface area (TPSA) is 359 Å². The van der Waals surface area contributed by atoms with E-state index >= 15 is 0 Å². The maximum absolute atomic E-state index is 14.4. The summed E-state index contributed by atoms with van der Waals surface area (Å²) in [5.41, 5.74) is -1.11. The van der Waals surface area contributed by atoms with Gasteiger partial charge in [0.2, 0.25) is 11.8 Å². The van der Waals surface area contributed by atoms with Gasteiger partial charge >= 0.3 is 36.3 Å². The fraction of sp³-hybridized carbons (Fsp3) is 0.533. The van der Waals surface area contributed by atoms with Gasteiger partial charge in [0.05, 0.1) is 56.3 Å². The van der Waals surface area contributed by atoms with Crippen LogP contribution in [0.3, 0.4) is 0 Å². The molecular formula is C60H77ClN8O22. The summed E-state index contributed by atoms with van der Waals surface area (Å²) in [7, 11) is 7.09. The highest BCUT2D eigenvalue weighted by Crippen LogP contribution is 2.49. The molecule has 30 nitrogen and oxygen atoms in total. The number of benzene rings is 2. The van der Waals surface area contributed by atoms with Gasteiger partial charge in [0.1, 0.15) is 73.4 Å². The third-order valence-corrected chi connectivity index (χ3v) is 16.2. The minimum Gasteiger partial charge on any atom is -0.495 e. The molecule has 7 rings (SSSR count). The van der Waals surface area contributed by atoms with Crippen LogP contribution in [-0.2, 0) is 84.5 Å². The molecule has 2 aromatic rings. The molecule has 496 valence electrons. The highest BCUT2D eigenvalue weighted by atomic mass is 35.5. The minimum absolute atomic E-state index is 0.000560. The molecule has 5 aliphatic heterocycles. The number of hydrogen-bond acceptors (Lipinski definition) is 23. The Morgan fingerprint density at radius 1 is 0.934 bits per heavy atom. The predicted molar refractivity (Wildman–Crippen MR) is 319 cm³/mol. The molecule has 3 saturated heterocycles. The van der Waals surface area contributed by atoms with E-state index in [1.165, 1.54) is 76.3 Å². The van der Waals surface area contributed by atoms with Crippen molar-refractivity contribution in [1.82, 2.24) is 25.1 Å². The number of alkyl carbamates (subject to hydrolysis) is 1. The lowest BCUT2D eigenvalue weighted by atomic mass is 9.83. The average Bonchev–Trinajstić information content (AvgIpc) is 1.59. The molecular weight excluding hydrogens is 1220 g/mol. The molecule has 0 saturated carbocycles. The van der Waals surface area contributed by atoms with E-state index in [1.54, 1.807) is 50.3 Å². The summed E-state index contributed by atoms with van der Waals surface area (Å²) in [6.07, 6.45) is -2.16. The first-order chi connectivity index (χ1) is 43.1. The fourth-order valence-electron chi connectivity index (χ4n) is 10.1. The lowest BCUT2D eigenvalue weighted by Gasteiger charge is -2.41. The van der Waals surface area contributed by atoms with Crippen molar-refractivity contribution >= 4 is 88.6 Å². The van der Waals surface area contributed by atoms with E-state index in [-0.39, 0.29) is 93.2 Å². The van der Waals surface area contributed by atoms with E-state index in [0.717, 1.165) is 15.4 Å². The first-order valence-corrected chi connectivity index (χ1v) is 29.5. The Hall–Kier alpha value is -8.55. The number of aliphatic hydroxyl groups excluding tert-OH is 1. The molecule has 0 radical (unpaired) electrons. The number of nitrogens with zero attached hydrogens (tertiary/aromatic N) is 5. The number of carbonyl (C=O) groups is 10. The maximum Gasteiger partial charge on any atom is 0.412 e. The summed E-state index contributed by atoms with van der Waals surface area (Å²) < 4.78 is 50.3. The van der Waals surface area contributed by atoms with Crippen molar-refractivity contribution in [2.75, 3.05) is 97.1 Å². The molecule has 31 heteroatoms. The van der Waals surface area contributed by atoms with Crippen molar-refractivity contribution in [3.05, 3.63) is 82.4 Å². The predicted octanol–water partition coefficient (Wildman–Crippen LogP) is 4.08. The number of hydrogen-bond donors (Lipinski definition) is 5. The zero-order chi connectivity index (χ0) is 66.5. The fourth-order valence-corrected chi connectivity index (χ4v) is 10.4. The number of esters is 1. The Kier molecular flexibility index (Phi) is 23.8. The van der Waals surface area contributed by atoms with Crippen LogP contribution in [0.1, 0.15) is 70.9 Å². The normalized spacial score (nSPS) is 25.8. The average molecular weight is 1300 g/mol. The van der Waals surface area contributed by atoms with Gasteiger partial charge in [0.25, 0.3) is 11.8 Å². The Balaban J connectivity index is 0.920. The summed E-state index contributed by atoms with van der Waals surface area (Å²) in [6, 6.07) is 6.59. The molecule has 1 unspecified atom stereocenters. The van der Waals surface area contributed by atoms with Crippen molar-refractivity contribution in [3.63, 3.8) is 0 Å². The van der Waals surface area contributed by atoms with Gasteiger partial charge in [-0.05, 0) is 68.7 Å². The van der Waals surface area contributed by atoms with Crippen LogP contribution in [0.15, 0.2) is 66.3 Å². The van der Waals surface area contributed by atoms with E-state index < -0.39 is 133 Å². The summed E-state index contributed by atoms with van der Waals surface area (Å²) in [5.74, 6) is -4.88. The molecule has 9 atom stereocenters. The first kappa shape index (κ1) is 69.9. The number of allylic oxidation sites excluding steroid dienone is 3. The number of aliphatic hydroxyl groups is 2. The second kappa shape index (κ2) is 31.0. The van der Waals surface area contributed by atoms with Crippen LogP contribution < -0.4 is 25.6 Å². The molecule has 2 aromatic carbocycles. The standard InChI is InChI=1S/C60H77ClN8O22/c1-34-12-10-14-45(70)60(81)29-44(88-56(78)64-60)35(2)53-59(4,90-53)46(28-50(74)68(8)42-26-38(24-34)27-43(82-9)52(42)61)89-54(76)36(3)67(7)47(71)19-23-85-57(79)65(5)20-21-66(6)58(80)86-31-37-15-16-40(63-55(77)87-39-13-11-22-83-33-84-32-39)41(25-37)62-30-51(75)91-69-48(72)17-18-49(69)73/h10-16,25-27,35-36,39,44-46,53,62,70,81H,17-24,28-33H2,1-9H3,(H,63,77)(H,64,78)/b13-11+,14-10+,34-12+/t35-,36+,39?,44+,45-,46+,53+,59+,60+/m1/s1. The van der Waals surface area contributed by atoms with Gasteiger partial charge in [-0.25, -0.2) is 28.8 Å². The third kappa shape index (κ3) is 18.3. The largest absolute Gasteiger partial charge is 0.495 e. The van der Waals surface area contributed by atoms with Gasteiger partial charge in [-0.3, -0.25) is 29.8 Å². The summed E-state index contributed by atoms with van der Waals surface area (Å²) in [4.78, 5) is 140. The molecule has 3 fully saturated rings. The van der Waals surface area contributed by atoms with Gasteiger partial charge in [0, 0.05) is 66.5 Å². The molecule has 8 amide bonds. The minimum atomic E-state index is -2.15. The zero-order valence-electron chi connectivity index (χ0n) is 51.9. The number of hydroxylamine groups is 2. The smallest absolute Gasteiger partial charge is 0.412 e. The van der Waals surface area contributed by atoms with Crippen molar-refractivity contribution in [3.8, 4) is 5.75 Å². The highest BCUT2D eigenvalue weighted by molar-refractivity contribution is 6.35. The van der Waals surface area contributed by atoms with Crippen LogP contribution in [0.5, 0.6) is 5.75 Å². The van der Waals surface area contributed by atoms with Gasteiger partial charge in [-0.1, -0.05) is 54.5 Å². The number of methoxy groups -OCH3 is 1. The number of halogens is 1. The van der Waals surface area contributed by atoms with Crippen LogP contribution in [0, 0.1) is 5.92 Å². The van der Waals surface area contributed by atoms with E-state index in [2.05, 4.69) is 16.0 Å². The SMILES string of the molecule is COc1cc2cc(c1Cl)N(C)C(=O)C[C@H](OC(=O)[C@H](C)N(C)C(=O)CCOC(=O)N(C)CCN(C)C(=O)OCc1ccc(NC(=O)OC3/C=C/COCOC3)c(NCC(=O)ON3C(=O)CCC3=O)c1)[C@]1(C)O[C@H]1[C@H](C)[C@@H]1C[C@@](O)(NC(=O)O1)[C@H](O)/C=C/C=C(\C)C2. The van der Waals surface area contributed by atoms with Crippen LogP contribution in [-0.4, -0.2) is 219 Å². The second-order valence-electron chi connectivity index (χ2n) is 22.6. The summed E-state index contributed by atoms with van der Waals surface area (Å²) in [6.45, 7) is 5.41. The molecule has 0 aromatic heterocycles. The third-order valence-electron chi connectivity index (χ3n) is 15.8. The van der Waals surface area contributed by atoms with Gasteiger partial charge in [0.15, 0.2) is 5.72 Å². The maximum atomic E-state index is 14.4. The number of nitrogens with one attached hydrogen (secondary N) is 3. The first-order valence-electron chi connectivity index (χ1n) is 29.1. The van der Waals surface area contributed by atoms with E-state index in [1.807, 2.05) is 6.92 Å². The number of rotatable bonds is 18. The number of anilines is 3. The van der Waals surface area contributed by atoms with Crippen LogP contribution >= 0.6 is 11.6 Å². The molecule has 91 heavy (non-hydrogen) atoms. The van der Waals surface area contributed by atoms with Crippen molar-refractivity contribution in [2.24, 2.45) is 5.92 Å². The number of likely N-dealkylation sites (N-methyl/N-ethyl adjacent to an activating group) is 3. The lowest BCUT2D eigenvalue weighted by Crippen LogP contribution is -2.63. The van der Waals surface area contributed by atoms with Crippen molar-refractivity contribution in [1.29, 1.82) is 0 Å². The zero-order valence-corrected chi connectivity index (χ0v) is 52.6. The van der Waals surface area contributed by atoms with Crippen molar-refractivity contribution < 1.29 is 106 Å². The van der Waals surface area contributed by atoms with Crippen molar-refractivity contribution in [2.45, 2.75) is 121 Å². The number of epoxide rings is 1. The summed E-state index contributed by atoms with van der Waals surface area (Å²) in [5, 5.41) is 30.9. The molecule has 4 bridgehead atoms. The molecule has 0 aliphatic carbocycles. The number of ether oxygens (including phenoxy) is 9. The molecule has 5 N–H and O–H groups in total. The Morgan fingerprint density at radius 2 is 1.64 bits per heavy atom.